The normalized spacial score (nSPS) is 15.4. The number of nitrogens with one attached hydrogen (secondary N) is 1. The molecule has 0 aliphatic carbocycles. The molecule has 216 valence electrons. The fourth-order valence-electron chi connectivity index (χ4n) is 4.65. The molecule has 0 saturated carbocycles. The number of hydrogen-bond donors (Lipinski definition) is 1. The molecule has 2 atom stereocenters. The first-order valence-electron chi connectivity index (χ1n) is 13.2. The summed E-state index contributed by atoms with van der Waals surface area (Å²) in [4.78, 5) is 31.1. The molecule has 4 aromatic rings. The molecule has 12 nitrogen and oxygen atoms in total. The van der Waals surface area contributed by atoms with Crippen LogP contribution in [-0.4, -0.2) is 70.4 Å². The average molecular weight is 581 g/mol. The molecule has 1 fully saturated rings. The van der Waals surface area contributed by atoms with Crippen LogP contribution in [0.3, 0.4) is 0 Å². The maximum Gasteiger partial charge on any atom is 0.250 e. The zero-order valence-corrected chi connectivity index (χ0v) is 23.9. The molecule has 1 aliphatic rings. The highest BCUT2D eigenvalue weighted by Crippen LogP contribution is 2.31. The van der Waals surface area contributed by atoms with Crippen LogP contribution in [0.4, 0.5) is 0 Å². The third kappa shape index (κ3) is 6.74. The monoisotopic (exact) mass is 580 g/mol. The molecule has 3 aromatic heterocycles. The number of furan rings is 1. The van der Waals surface area contributed by atoms with Gasteiger partial charge in [0, 0.05) is 23.6 Å². The van der Waals surface area contributed by atoms with E-state index in [2.05, 4.69) is 20.7 Å². The summed E-state index contributed by atoms with van der Waals surface area (Å²) in [5, 5.41) is 17.5. The Hall–Kier alpha value is -4.23. The summed E-state index contributed by atoms with van der Waals surface area (Å²) in [5.41, 5.74) is 0.647. The second kappa shape index (κ2) is 13.0. The second-order valence-electron chi connectivity index (χ2n) is 9.55. The van der Waals surface area contributed by atoms with Crippen LogP contribution in [0, 0.1) is 6.92 Å². The number of benzene rings is 1. The fraction of sp³-hybridized carbons (Fsp3) is 0.393. The van der Waals surface area contributed by atoms with Gasteiger partial charge in [0.15, 0.2) is 17.5 Å². The number of tetrazole rings is 1. The van der Waals surface area contributed by atoms with Crippen molar-refractivity contribution < 1.29 is 28.2 Å². The Morgan fingerprint density at radius 1 is 1.20 bits per heavy atom. The summed E-state index contributed by atoms with van der Waals surface area (Å²) in [6.07, 6.45) is 1.79. The highest BCUT2D eigenvalue weighted by molar-refractivity contribution is 7.09. The van der Waals surface area contributed by atoms with Crippen molar-refractivity contribution in [2.24, 2.45) is 0 Å². The zero-order chi connectivity index (χ0) is 28.8. The van der Waals surface area contributed by atoms with Crippen LogP contribution in [-0.2, 0) is 27.4 Å². The van der Waals surface area contributed by atoms with Gasteiger partial charge >= 0.3 is 0 Å². The van der Waals surface area contributed by atoms with Gasteiger partial charge in [0.05, 0.1) is 26.9 Å². The molecule has 0 bridgehead atoms. The van der Waals surface area contributed by atoms with Crippen LogP contribution in [0.5, 0.6) is 11.5 Å². The smallest absolute Gasteiger partial charge is 0.250 e. The third-order valence-electron chi connectivity index (χ3n) is 6.72. The van der Waals surface area contributed by atoms with Crippen molar-refractivity contribution in [3.05, 3.63) is 64.2 Å². The van der Waals surface area contributed by atoms with Crippen LogP contribution >= 0.6 is 11.3 Å². The number of methoxy groups -OCH3 is 2. The van der Waals surface area contributed by atoms with Crippen molar-refractivity contribution in [2.75, 3.05) is 27.4 Å². The fourth-order valence-corrected chi connectivity index (χ4v) is 5.35. The van der Waals surface area contributed by atoms with Crippen LogP contribution in [0.2, 0.25) is 0 Å². The topological polar surface area (TPSA) is 134 Å². The molecule has 5 rings (SSSR count). The largest absolute Gasteiger partial charge is 0.493 e. The molecule has 0 spiro atoms. The van der Waals surface area contributed by atoms with E-state index in [1.807, 2.05) is 17.5 Å². The van der Waals surface area contributed by atoms with Crippen molar-refractivity contribution >= 4 is 23.2 Å². The van der Waals surface area contributed by atoms with Crippen molar-refractivity contribution in [3.8, 4) is 22.9 Å². The molecule has 0 unspecified atom stereocenters. The highest BCUT2D eigenvalue weighted by Gasteiger charge is 2.35. The number of amides is 2. The lowest BCUT2D eigenvalue weighted by atomic mass is 10.1. The summed E-state index contributed by atoms with van der Waals surface area (Å²) in [6, 6.07) is 11.6. The number of nitrogens with zero attached hydrogens (tertiary/aromatic N) is 5. The Labute approximate surface area is 241 Å². The molecule has 4 heterocycles. The molecule has 1 aliphatic heterocycles. The lowest BCUT2D eigenvalue weighted by molar-refractivity contribution is -0.143. The molecule has 1 aromatic carbocycles. The first-order valence-corrected chi connectivity index (χ1v) is 14.1. The predicted octanol–water partition coefficient (Wildman–Crippen LogP) is 3.39. The van der Waals surface area contributed by atoms with Gasteiger partial charge in [-0.2, -0.15) is 4.80 Å². The van der Waals surface area contributed by atoms with Gasteiger partial charge in [0.1, 0.15) is 18.1 Å². The van der Waals surface area contributed by atoms with Gasteiger partial charge in [0.2, 0.25) is 11.7 Å². The van der Waals surface area contributed by atoms with E-state index in [0.717, 1.165) is 17.7 Å². The second-order valence-corrected chi connectivity index (χ2v) is 10.6. The number of aryl methyl sites for hydroxylation is 1. The maximum atomic E-state index is 13.9. The summed E-state index contributed by atoms with van der Waals surface area (Å²) in [5.74, 6) is 1.69. The molecule has 1 N–H and O–H groups in total. The number of aromatic nitrogens is 4. The van der Waals surface area contributed by atoms with Crippen molar-refractivity contribution in [1.29, 1.82) is 0 Å². The Balaban J connectivity index is 1.40. The molecular weight excluding hydrogens is 548 g/mol. The Bertz CT molecular complexity index is 1460. The number of carbonyl (C=O) groups is 2. The van der Waals surface area contributed by atoms with Gasteiger partial charge in [-0.15, -0.1) is 21.5 Å². The van der Waals surface area contributed by atoms with Gasteiger partial charge in [-0.1, -0.05) is 6.07 Å². The highest BCUT2D eigenvalue weighted by atomic mass is 32.1. The molecule has 41 heavy (non-hydrogen) atoms. The van der Waals surface area contributed by atoms with E-state index in [4.69, 9.17) is 18.6 Å². The van der Waals surface area contributed by atoms with Crippen molar-refractivity contribution in [1.82, 2.24) is 30.4 Å². The van der Waals surface area contributed by atoms with E-state index >= 15 is 0 Å². The molecule has 0 radical (unpaired) electrons. The van der Waals surface area contributed by atoms with Crippen LogP contribution in [0.15, 0.2) is 52.3 Å². The van der Waals surface area contributed by atoms with Crippen molar-refractivity contribution in [3.63, 3.8) is 0 Å². The minimum absolute atomic E-state index is 0.0475. The van der Waals surface area contributed by atoms with Gasteiger partial charge in [0.25, 0.3) is 5.91 Å². The summed E-state index contributed by atoms with van der Waals surface area (Å²) < 4.78 is 22.2. The molecule has 13 heteroatoms. The first-order chi connectivity index (χ1) is 19.9. The van der Waals surface area contributed by atoms with E-state index < -0.39 is 6.04 Å². The quantitative estimate of drug-likeness (QED) is 0.268. The Kier molecular flexibility index (Phi) is 8.95. The Morgan fingerprint density at radius 3 is 2.73 bits per heavy atom. The molecule has 2 amide bonds. The average Bonchev–Trinajstić information content (AvgIpc) is 3.80. The van der Waals surface area contributed by atoms with Gasteiger partial charge in [-0.3, -0.25) is 9.59 Å². The van der Waals surface area contributed by atoms with E-state index in [1.165, 1.54) is 21.0 Å². The maximum absolute atomic E-state index is 13.9. The first kappa shape index (κ1) is 28.3. The number of carbonyl (C=O) groups excluding carboxylic acids is 2. The lowest BCUT2D eigenvalue weighted by Gasteiger charge is -2.29. The minimum atomic E-state index is -1.01. The van der Waals surface area contributed by atoms with E-state index in [-0.39, 0.29) is 31.0 Å². The van der Waals surface area contributed by atoms with E-state index in [0.29, 0.717) is 47.6 Å². The minimum Gasteiger partial charge on any atom is -0.493 e. The van der Waals surface area contributed by atoms with Crippen molar-refractivity contribution in [2.45, 2.75) is 45.0 Å². The number of ether oxygens (including phenoxy) is 3. The van der Waals surface area contributed by atoms with Gasteiger partial charge < -0.3 is 28.8 Å². The summed E-state index contributed by atoms with van der Waals surface area (Å²) in [7, 11) is 3.10. The van der Waals surface area contributed by atoms with E-state index in [9.17, 15) is 9.59 Å². The number of rotatable bonds is 12. The van der Waals surface area contributed by atoms with E-state index in [1.54, 1.807) is 51.5 Å². The number of thiophene rings is 1. The predicted molar refractivity (Wildman–Crippen MR) is 149 cm³/mol. The van der Waals surface area contributed by atoms with Crippen LogP contribution < -0.4 is 14.8 Å². The zero-order valence-electron chi connectivity index (χ0n) is 23.1. The molecular formula is C28H32N6O6S. The molecule has 1 saturated heterocycles. The number of hydrogen-bond acceptors (Lipinski definition) is 10. The Morgan fingerprint density at radius 2 is 2.05 bits per heavy atom. The van der Waals surface area contributed by atoms with Gasteiger partial charge in [-0.25, -0.2) is 0 Å². The van der Waals surface area contributed by atoms with Crippen LogP contribution in [0.1, 0.15) is 35.3 Å². The lowest BCUT2D eigenvalue weighted by Crippen LogP contribution is -2.46. The van der Waals surface area contributed by atoms with Gasteiger partial charge in [-0.05, 0) is 66.8 Å². The summed E-state index contributed by atoms with van der Waals surface area (Å²) >= 11 is 1.50. The van der Waals surface area contributed by atoms with Crippen LogP contribution in [0.25, 0.3) is 11.4 Å². The SMILES string of the molecule is COc1ccc(-c2nnn(CC(=O)N(Cc3cccs3)[C@H](C(=O)NC[C@H]3CCCO3)c3ccc(C)o3)n2)cc1OC. The summed E-state index contributed by atoms with van der Waals surface area (Å²) in [6.45, 7) is 2.80. The standard InChI is InChI=1S/C28H32N6O6S/c1-18-8-10-23(40-18)26(28(36)29-15-20-6-4-12-39-20)33(16-21-7-5-13-41-21)25(35)17-34-31-27(30-32-34)19-9-11-22(37-2)24(14-19)38-3/h5,7-11,13-14,20,26H,4,6,12,15-17H2,1-3H3,(H,29,36)/t20-,26+/m1/s1. The third-order valence-corrected chi connectivity index (χ3v) is 7.58.